The Morgan fingerprint density at radius 2 is 2.05 bits per heavy atom. The molecule has 0 aliphatic heterocycles. The highest BCUT2D eigenvalue weighted by Crippen LogP contribution is 2.25. The first-order chi connectivity index (χ1) is 9.70. The zero-order chi connectivity index (χ0) is 15.8. The number of halogens is 3. The first kappa shape index (κ1) is 16.4. The zero-order valence-corrected chi connectivity index (χ0v) is 14.8. The molecule has 0 amide bonds. The van der Waals surface area contributed by atoms with Crippen LogP contribution in [0.3, 0.4) is 0 Å². The average Bonchev–Trinajstić information content (AvgIpc) is 2.36. The summed E-state index contributed by atoms with van der Waals surface area (Å²) in [6.07, 6.45) is 0.154. The standard InChI is InChI=1S/C15H15ClFIN2O/c1-15(2,3)13-12(18)14(21)20-11(19-13)7-8-9(16)5-4-6-10(8)17/h4-6H,7H2,1-3H3,(H,19,20,21). The van der Waals surface area contributed by atoms with Crippen molar-refractivity contribution in [2.75, 3.05) is 0 Å². The van der Waals surface area contributed by atoms with Gasteiger partial charge in [-0.1, -0.05) is 38.4 Å². The molecule has 0 fully saturated rings. The average molecular weight is 421 g/mol. The Morgan fingerprint density at radius 3 is 2.62 bits per heavy atom. The first-order valence-corrected chi connectivity index (χ1v) is 7.88. The van der Waals surface area contributed by atoms with E-state index in [2.05, 4.69) is 9.97 Å². The fourth-order valence-electron chi connectivity index (χ4n) is 1.95. The Hall–Kier alpha value is -0.950. The van der Waals surface area contributed by atoms with Gasteiger partial charge >= 0.3 is 0 Å². The first-order valence-electron chi connectivity index (χ1n) is 6.42. The molecule has 1 N–H and O–H groups in total. The molecular formula is C15H15ClFIN2O. The summed E-state index contributed by atoms with van der Waals surface area (Å²) >= 11 is 8.00. The van der Waals surface area contributed by atoms with Crippen molar-refractivity contribution >= 4 is 34.2 Å². The second-order valence-corrected chi connectivity index (χ2v) is 7.29. The Labute approximate surface area is 141 Å². The normalized spacial score (nSPS) is 11.7. The monoisotopic (exact) mass is 420 g/mol. The molecule has 0 saturated heterocycles. The molecule has 0 unspecified atom stereocenters. The van der Waals surface area contributed by atoms with Gasteiger partial charge in [-0.3, -0.25) is 4.79 Å². The molecule has 0 saturated carbocycles. The van der Waals surface area contributed by atoms with Gasteiger partial charge < -0.3 is 4.98 Å². The number of aromatic nitrogens is 2. The number of benzene rings is 1. The lowest BCUT2D eigenvalue weighted by Crippen LogP contribution is -2.25. The lowest BCUT2D eigenvalue weighted by molar-refractivity contribution is 0.555. The van der Waals surface area contributed by atoms with Crippen LogP contribution >= 0.6 is 34.2 Å². The third-order valence-electron chi connectivity index (χ3n) is 3.03. The van der Waals surface area contributed by atoms with Crippen molar-refractivity contribution in [3.8, 4) is 0 Å². The highest BCUT2D eigenvalue weighted by Gasteiger charge is 2.22. The van der Waals surface area contributed by atoms with E-state index in [4.69, 9.17) is 11.6 Å². The molecule has 6 heteroatoms. The van der Waals surface area contributed by atoms with Gasteiger partial charge in [-0.2, -0.15) is 0 Å². The fraction of sp³-hybridized carbons (Fsp3) is 0.333. The van der Waals surface area contributed by atoms with Gasteiger partial charge in [0.1, 0.15) is 15.2 Å². The van der Waals surface area contributed by atoms with Crippen LogP contribution in [0.25, 0.3) is 0 Å². The Bertz CT molecular complexity index is 717. The van der Waals surface area contributed by atoms with Crippen molar-refractivity contribution < 1.29 is 4.39 Å². The van der Waals surface area contributed by atoms with E-state index in [1.807, 2.05) is 43.4 Å². The van der Waals surface area contributed by atoms with Gasteiger partial charge in [0.15, 0.2) is 0 Å². The molecule has 3 nitrogen and oxygen atoms in total. The second kappa shape index (κ2) is 6.04. The summed E-state index contributed by atoms with van der Waals surface area (Å²) in [6, 6.07) is 4.51. The molecule has 21 heavy (non-hydrogen) atoms. The third kappa shape index (κ3) is 3.63. The van der Waals surface area contributed by atoms with Crippen LogP contribution in [-0.4, -0.2) is 9.97 Å². The molecule has 0 bridgehead atoms. The largest absolute Gasteiger partial charge is 0.309 e. The van der Waals surface area contributed by atoms with Crippen molar-refractivity contribution in [1.29, 1.82) is 0 Å². The van der Waals surface area contributed by atoms with E-state index in [9.17, 15) is 9.18 Å². The number of aromatic amines is 1. The molecule has 1 aromatic carbocycles. The highest BCUT2D eigenvalue weighted by molar-refractivity contribution is 14.1. The van der Waals surface area contributed by atoms with E-state index in [0.717, 1.165) is 0 Å². The minimum Gasteiger partial charge on any atom is -0.309 e. The van der Waals surface area contributed by atoms with Crippen LogP contribution in [-0.2, 0) is 11.8 Å². The van der Waals surface area contributed by atoms with Crippen LogP contribution < -0.4 is 5.56 Å². The summed E-state index contributed by atoms with van der Waals surface area (Å²) in [7, 11) is 0. The van der Waals surface area contributed by atoms with Crippen molar-refractivity contribution in [3.63, 3.8) is 0 Å². The van der Waals surface area contributed by atoms with E-state index >= 15 is 0 Å². The SMILES string of the molecule is CC(C)(C)c1nc(Cc2c(F)cccc2Cl)[nH]c(=O)c1I. The van der Waals surface area contributed by atoms with Crippen molar-refractivity contribution in [2.24, 2.45) is 0 Å². The smallest absolute Gasteiger partial charge is 0.264 e. The third-order valence-corrected chi connectivity index (χ3v) is 4.38. The van der Waals surface area contributed by atoms with Gasteiger partial charge in [-0.15, -0.1) is 0 Å². The molecule has 0 aliphatic rings. The van der Waals surface area contributed by atoms with Crippen LogP contribution in [0.15, 0.2) is 23.0 Å². The molecule has 0 aliphatic carbocycles. The molecule has 2 rings (SSSR count). The summed E-state index contributed by atoms with van der Waals surface area (Å²) in [5, 5.41) is 0.327. The maximum Gasteiger partial charge on any atom is 0.264 e. The molecule has 2 aromatic rings. The number of rotatable bonds is 2. The summed E-state index contributed by atoms with van der Waals surface area (Å²) < 4.78 is 14.4. The van der Waals surface area contributed by atoms with Crippen molar-refractivity contribution in [3.05, 3.63) is 60.0 Å². The summed E-state index contributed by atoms with van der Waals surface area (Å²) in [5.74, 6) is 0.0124. The quantitative estimate of drug-likeness (QED) is 0.745. The molecule has 1 heterocycles. The minimum absolute atomic E-state index is 0.154. The molecule has 1 aromatic heterocycles. The van der Waals surface area contributed by atoms with Gasteiger partial charge in [0.25, 0.3) is 5.56 Å². The van der Waals surface area contributed by atoms with Crippen molar-refractivity contribution in [1.82, 2.24) is 9.97 Å². The van der Waals surface area contributed by atoms with Crippen LogP contribution in [0.2, 0.25) is 5.02 Å². The molecule has 0 radical (unpaired) electrons. The van der Waals surface area contributed by atoms with Crippen LogP contribution in [0, 0.1) is 9.39 Å². The predicted octanol–water partition coefficient (Wildman–Crippen LogP) is 4.06. The summed E-state index contributed by atoms with van der Waals surface area (Å²) in [5.41, 5.74) is 0.564. The Balaban J connectivity index is 2.52. The Morgan fingerprint density at radius 1 is 1.38 bits per heavy atom. The molecule has 0 atom stereocenters. The molecule has 0 spiro atoms. The zero-order valence-electron chi connectivity index (χ0n) is 11.9. The van der Waals surface area contributed by atoms with Gasteiger partial charge in [0, 0.05) is 22.4 Å². The molecule has 112 valence electrons. The van der Waals surface area contributed by atoms with Crippen molar-refractivity contribution in [2.45, 2.75) is 32.6 Å². The maximum absolute atomic E-state index is 13.8. The van der Waals surface area contributed by atoms with Gasteiger partial charge in [-0.25, -0.2) is 9.37 Å². The number of nitrogens with one attached hydrogen (secondary N) is 1. The van der Waals surface area contributed by atoms with E-state index in [1.165, 1.54) is 6.07 Å². The maximum atomic E-state index is 13.8. The van der Waals surface area contributed by atoms with Gasteiger partial charge in [0.2, 0.25) is 0 Å². The second-order valence-electron chi connectivity index (χ2n) is 5.80. The van der Waals surface area contributed by atoms with E-state index in [-0.39, 0.29) is 17.4 Å². The fourth-order valence-corrected chi connectivity index (χ4v) is 3.25. The molecular weight excluding hydrogens is 406 g/mol. The topological polar surface area (TPSA) is 45.8 Å². The number of H-pyrrole nitrogens is 1. The van der Waals surface area contributed by atoms with Crippen LogP contribution in [0.1, 0.15) is 37.9 Å². The predicted molar refractivity (Wildman–Crippen MR) is 90.5 cm³/mol. The number of hydrogen-bond acceptors (Lipinski definition) is 2. The minimum atomic E-state index is -0.402. The van der Waals surface area contributed by atoms with E-state index in [1.54, 1.807) is 12.1 Å². The highest BCUT2D eigenvalue weighted by atomic mass is 127. The van der Waals surface area contributed by atoms with Gasteiger partial charge in [0.05, 0.1) is 5.69 Å². The lowest BCUT2D eigenvalue weighted by atomic mass is 9.92. The summed E-state index contributed by atoms with van der Waals surface area (Å²) in [6.45, 7) is 5.95. The number of hydrogen-bond donors (Lipinski definition) is 1. The van der Waals surface area contributed by atoms with E-state index < -0.39 is 5.82 Å². The van der Waals surface area contributed by atoms with Crippen LogP contribution in [0.4, 0.5) is 4.39 Å². The van der Waals surface area contributed by atoms with E-state index in [0.29, 0.717) is 25.7 Å². The summed E-state index contributed by atoms with van der Waals surface area (Å²) in [4.78, 5) is 19.2. The lowest BCUT2D eigenvalue weighted by Gasteiger charge is -2.19. The van der Waals surface area contributed by atoms with Gasteiger partial charge in [-0.05, 0) is 34.7 Å². The number of nitrogens with zero attached hydrogens (tertiary/aromatic N) is 1. The van der Waals surface area contributed by atoms with Crippen LogP contribution in [0.5, 0.6) is 0 Å². The Kier molecular flexibility index (Phi) is 4.72.